The van der Waals surface area contributed by atoms with Crippen molar-refractivity contribution in [3.8, 4) is 0 Å². The molecule has 3 rings (SSSR count). The number of aryl methyl sites for hydroxylation is 1. The molecule has 0 spiro atoms. The van der Waals surface area contributed by atoms with Crippen LogP contribution in [0.5, 0.6) is 0 Å². The first-order chi connectivity index (χ1) is 16.0. The van der Waals surface area contributed by atoms with E-state index >= 15 is 0 Å². The first-order valence-corrected chi connectivity index (χ1v) is 11.9. The average Bonchev–Trinajstić information content (AvgIpc) is 3.09. The monoisotopic (exact) mass is 506 g/mol. The van der Waals surface area contributed by atoms with E-state index in [0.717, 1.165) is 22.7 Å². The van der Waals surface area contributed by atoms with Gasteiger partial charge in [0.15, 0.2) is 5.69 Å². The Morgan fingerprint density at radius 2 is 2.09 bits per heavy atom. The highest BCUT2D eigenvalue weighted by atomic mass is 32.2. The number of aromatic nitrogens is 1. The molecule has 1 aliphatic heterocycles. The summed E-state index contributed by atoms with van der Waals surface area (Å²) in [5.41, 5.74) is -0.689. The van der Waals surface area contributed by atoms with Crippen LogP contribution in [0.2, 0.25) is 0 Å². The Bertz CT molecular complexity index is 1110. The van der Waals surface area contributed by atoms with Crippen LogP contribution in [0.25, 0.3) is 0 Å². The van der Waals surface area contributed by atoms with Crippen molar-refractivity contribution in [3.05, 3.63) is 41.3 Å². The third-order valence-electron chi connectivity index (χ3n) is 5.01. The van der Waals surface area contributed by atoms with Crippen molar-refractivity contribution >= 4 is 27.8 Å². The standard InChI is InChI=1S/C20H25F3N4O6S/c1-3-31-11-15-6-7-27(8-9-32-15)34(29,30)26-18(28)17-12-33-19(25-17)24-16-10-14(20(21,22)23)5-4-13(16)2/h4-5,10,12,15H,3,6-9,11H2,1-2H3,(H,24,25)(H,26,28). The minimum atomic E-state index is -4.54. The zero-order chi connectivity index (χ0) is 24.9. The smallest absolute Gasteiger partial charge is 0.416 e. The number of halogens is 3. The molecular weight excluding hydrogens is 481 g/mol. The molecule has 1 amide bonds. The quantitative estimate of drug-likeness (QED) is 0.561. The highest BCUT2D eigenvalue weighted by Crippen LogP contribution is 2.33. The molecule has 0 radical (unpaired) electrons. The number of carbonyl (C=O) groups is 1. The molecule has 2 aromatic rings. The molecular formula is C20H25F3N4O6S. The third-order valence-corrected chi connectivity index (χ3v) is 6.50. The first-order valence-electron chi connectivity index (χ1n) is 10.4. The fourth-order valence-electron chi connectivity index (χ4n) is 3.14. The molecule has 10 nitrogen and oxygen atoms in total. The summed E-state index contributed by atoms with van der Waals surface area (Å²) in [6, 6.07) is 2.82. The number of alkyl halides is 3. The predicted molar refractivity (Wildman–Crippen MR) is 115 cm³/mol. The highest BCUT2D eigenvalue weighted by Gasteiger charge is 2.31. The molecule has 1 aliphatic rings. The summed E-state index contributed by atoms with van der Waals surface area (Å²) in [6.45, 7) is 4.59. The van der Waals surface area contributed by atoms with Gasteiger partial charge in [0.2, 0.25) is 0 Å². The second-order valence-corrected chi connectivity index (χ2v) is 9.14. The predicted octanol–water partition coefficient (Wildman–Crippen LogP) is 2.85. The Balaban J connectivity index is 1.64. The first kappa shape index (κ1) is 25.9. The van der Waals surface area contributed by atoms with E-state index < -0.39 is 27.9 Å². The van der Waals surface area contributed by atoms with Crippen LogP contribution >= 0.6 is 0 Å². The molecule has 0 saturated carbocycles. The van der Waals surface area contributed by atoms with Crippen molar-refractivity contribution in [1.82, 2.24) is 14.0 Å². The largest absolute Gasteiger partial charge is 0.431 e. The summed E-state index contributed by atoms with van der Waals surface area (Å²) in [6.07, 6.45) is -3.50. The van der Waals surface area contributed by atoms with Crippen LogP contribution in [0.4, 0.5) is 24.9 Å². The third kappa shape index (κ3) is 6.68. The molecule has 1 unspecified atom stereocenters. The molecule has 1 aromatic carbocycles. The Hall–Kier alpha value is -2.68. The van der Waals surface area contributed by atoms with E-state index in [1.165, 1.54) is 6.07 Å². The number of anilines is 2. The number of rotatable bonds is 8. The van der Waals surface area contributed by atoms with Crippen molar-refractivity contribution < 1.29 is 40.3 Å². The second kappa shape index (κ2) is 10.7. The van der Waals surface area contributed by atoms with Crippen molar-refractivity contribution in [1.29, 1.82) is 0 Å². The van der Waals surface area contributed by atoms with Crippen LogP contribution in [0, 0.1) is 6.92 Å². The molecule has 14 heteroatoms. The van der Waals surface area contributed by atoms with Gasteiger partial charge in [0, 0.05) is 25.4 Å². The van der Waals surface area contributed by atoms with Gasteiger partial charge >= 0.3 is 16.4 Å². The van der Waals surface area contributed by atoms with Gasteiger partial charge in [0.05, 0.1) is 24.9 Å². The van der Waals surface area contributed by atoms with Gasteiger partial charge in [0.25, 0.3) is 11.9 Å². The van der Waals surface area contributed by atoms with Gasteiger partial charge in [-0.2, -0.15) is 30.9 Å². The van der Waals surface area contributed by atoms with E-state index in [1.54, 1.807) is 6.92 Å². The van der Waals surface area contributed by atoms with Gasteiger partial charge in [-0.1, -0.05) is 6.07 Å². The molecule has 1 fully saturated rings. The van der Waals surface area contributed by atoms with Crippen LogP contribution < -0.4 is 10.0 Å². The molecule has 1 saturated heterocycles. The Morgan fingerprint density at radius 1 is 1.32 bits per heavy atom. The SMILES string of the molecule is CCOCC1CCN(S(=O)(=O)NC(=O)c2coc(Nc3cc(C(F)(F)F)ccc3C)n2)CCO1. The van der Waals surface area contributed by atoms with E-state index in [4.69, 9.17) is 13.9 Å². The maximum absolute atomic E-state index is 13.0. The molecule has 34 heavy (non-hydrogen) atoms. The van der Waals surface area contributed by atoms with Crippen LogP contribution in [0.15, 0.2) is 28.9 Å². The van der Waals surface area contributed by atoms with E-state index in [-0.39, 0.29) is 43.2 Å². The van der Waals surface area contributed by atoms with Crippen molar-refractivity contribution in [2.45, 2.75) is 32.5 Å². The van der Waals surface area contributed by atoms with E-state index in [2.05, 4.69) is 10.3 Å². The number of ether oxygens (including phenoxy) is 2. The van der Waals surface area contributed by atoms with Crippen molar-refractivity contribution in [3.63, 3.8) is 0 Å². The number of hydrogen-bond acceptors (Lipinski definition) is 8. The zero-order valence-electron chi connectivity index (χ0n) is 18.5. The molecule has 1 aromatic heterocycles. The lowest BCUT2D eigenvalue weighted by atomic mass is 10.1. The van der Waals surface area contributed by atoms with Crippen LogP contribution in [-0.2, 0) is 25.9 Å². The van der Waals surface area contributed by atoms with Crippen molar-refractivity contribution in [2.24, 2.45) is 0 Å². The van der Waals surface area contributed by atoms with Gasteiger partial charge in [-0.25, -0.2) is 4.72 Å². The molecule has 188 valence electrons. The van der Waals surface area contributed by atoms with Gasteiger partial charge in [-0.3, -0.25) is 4.79 Å². The lowest BCUT2D eigenvalue weighted by Gasteiger charge is -2.19. The summed E-state index contributed by atoms with van der Waals surface area (Å²) < 4.78 is 83.2. The maximum Gasteiger partial charge on any atom is 0.416 e. The van der Waals surface area contributed by atoms with Crippen LogP contribution in [-0.4, -0.2) is 62.6 Å². The maximum atomic E-state index is 13.0. The molecule has 1 atom stereocenters. The summed E-state index contributed by atoms with van der Waals surface area (Å²) in [7, 11) is -4.19. The Kier molecular flexibility index (Phi) is 8.17. The van der Waals surface area contributed by atoms with E-state index in [1.807, 2.05) is 11.6 Å². The Morgan fingerprint density at radius 3 is 2.79 bits per heavy atom. The number of hydrogen-bond donors (Lipinski definition) is 2. The summed E-state index contributed by atoms with van der Waals surface area (Å²) in [5, 5.41) is 2.57. The normalized spacial score (nSPS) is 17.9. The minimum Gasteiger partial charge on any atom is -0.431 e. The number of nitrogens with one attached hydrogen (secondary N) is 2. The number of carbonyl (C=O) groups excluding carboxylic acids is 1. The number of oxazole rings is 1. The number of amides is 1. The number of nitrogens with zero attached hydrogens (tertiary/aromatic N) is 2. The van der Waals surface area contributed by atoms with E-state index in [0.29, 0.717) is 25.2 Å². The summed E-state index contributed by atoms with van der Waals surface area (Å²) >= 11 is 0. The fraction of sp³-hybridized carbons (Fsp3) is 0.500. The van der Waals surface area contributed by atoms with Gasteiger partial charge in [-0.15, -0.1) is 0 Å². The molecule has 0 bridgehead atoms. The number of benzene rings is 1. The fourth-order valence-corrected chi connectivity index (χ4v) is 4.27. The summed E-state index contributed by atoms with van der Waals surface area (Å²) in [5.74, 6) is -1.05. The summed E-state index contributed by atoms with van der Waals surface area (Å²) in [4.78, 5) is 16.3. The highest BCUT2D eigenvalue weighted by molar-refractivity contribution is 7.87. The van der Waals surface area contributed by atoms with Gasteiger partial charge in [-0.05, 0) is 38.0 Å². The molecule has 0 aliphatic carbocycles. The second-order valence-electron chi connectivity index (χ2n) is 7.47. The minimum absolute atomic E-state index is 0.0473. The molecule has 2 N–H and O–H groups in total. The lowest BCUT2D eigenvalue weighted by Crippen LogP contribution is -2.44. The topological polar surface area (TPSA) is 123 Å². The van der Waals surface area contributed by atoms with Gasteiger partial charge < -0.3 is 19.2 Å². The lowest BCUT2D eigenvalue weighted by molar-refractivity contribution is -0.137. The average molecular weight is 507 g/mol. The zero-order valence-corrected chi connectivity index (χ0v) is 19.3. The van der Waals surface area contributed by atoms with Crippen LogP contribution in [0.1, 0.15) is 35.0 Å². The Labute approximate surface area is 194 Å². The van der Waals surface area contributed by atoms with Crippen LogP contribution in [0.3, 0.4) is 0 Å². The molecule has 2 heterocycles. The van der Waals surface area contributed by atoms with E-state index in [9.17, 15) is 26.4 Å². The van der Waals surface area contributed by atoms with Crippen molar-refractivity contribution in [2.75, 3.05) is 38.2 Å². The van der Waals surface area contributed by atoms with Gasteiger partial charge in [0.1, 0.15) is 6.26 Å².